The number of rotatable bonds is 4. The maximum Gasteiger partial charge on any atom is 0.255 e. The number of hydrogen-bond donors (Lipinski definition) is 1. The molecule has 1 N–H and O–H groups in total. The molecule has 1 aromatic carbocycles. The van der Waals surface area contributed by atoms with Crippen molar-refractivity contribution >= 4 is 5.91 Å². The number of amides is 1. The van der Waals surface area contributed by atoms with Crippen LogP contribution in [0.1, 0.15) is 27.3 Å². The summed E-state index contributed by atoms with van der Waals surface area (Å²) in [6.45, 7) is 2.27. The van der Waals surface area contributed by atoms with Gasteiger partial charge < -0.3 is 14.5 Å². The molecule has 0 aliphatic carbocycles. The number of hydrogen-bond acceptors (Lipinski definition) is 2. The normalized spacial score (nSPS) is 13.8. The van der Waals surface area contributed by atoms with Crippen LogP contribution in [0.4, 0.5) is 0 Å². The lowest BCUT2D eigenvalue weighted by Gasteiger charge is -2.27. The first-order chi connectivity index (χ1) is 11.8. The van der Waals surface area contributed by atoms with E-state index >= 15 is 0 Å². The van der Waals surface area contributed by atoms with Crippen molar-refractivity contribution in [1.82, 2.24) is 19.4 Å². The quantitative estimate of drug-likeness (QED) is 0.803. The molecule has 0 radical (unpaired) electrons. The van der Waals surface area contributed by atoms with Crippen LogP contribution in [0.3, 0.4) is 0 Å². The van der Waals surface area contributed by atoms with E-state index < -0.39 is 0 Å². The number of carbonyl (C=O) groups is 1. The average molecular weight is 320 g/mol. The number of aromatic amines is 1. The SMILES string of the molecule is O=C(c1cc[nH]c1)N1CCc2c(ncn2CCc2ccccc2)C1. The van der Waals surface area contributed by atoms with Crippen LogP contribution in [0.15, 0.2) is 55.1 Å². The van der Waals surface area contributed by atoms with Crippen molar-refractivity contribution in [2.45, 2.75) is 25.9 Å². The summed E-state index contributed by atoms with van der Waals surface area (Å²) in [7, 11) is 0. The molecule has 5 heteroatoms. The first-order valence-electron chi connectivity index (χ1n) is 8.30. The second-order valence-electron chi connectivity index (χ2n) is 6.14. The highest BCUT2D eigenvalue weighted by molar-refractivity contribution is 5.94. The van der Waals surface area contributed by atoms with Crippen LogP contribution in [-0.4, -0.2) is 31.9 Å². The molecule has 24 heavy (non-hydrogen) atoms. The van der Waals surface area contributed by atoms with Gasteiger partial charge in [0.1, 0.15) is 0 Å². The van der Waals surface area contributed by atoms with Crippen LogP contribution in [0.25, 0.3) is 0 Å². The van der Waals surface area contributed by atoms with E-state index in [-0.39, 0.29) is 5.91 Å². The number of imidazole rings is 1. The van der Waals surface area contributed by atoms with Crippen LogP contribution < -0.4 is 0 Å². The van der Waals surface area contributed by atoms with Crippen molar-refractivity contribution in [2.24, 2.45) is 0 Å². The van der Waals surface area contributed by atoms with Gasteiger partial charge in [0.2, 0.25) is 0 Å². The Morgan fingerprint density at radius 3 is 2.88 bits per heavy atom. The Morgan fingerprint density at radius 1 is 1.21 bits per heavy atom. The number of fused-ring (bicyclic) bond motifs is 1. The number of H-pyrrole nitrogens is 1. The van der Waals surface area contributed by atoms with Crippen LogP contribution >= 0.6 is 0 Å². The summed E-state index contributed by atoms with van der Waals surface area (Å²) < 4.78 is 2.24. The number of nitrogens with one attached hydrogen (secondary N) is 1. The van der Waals surface area contributed by atoms with Gasteiger partial charge in [0.05, 0.1) is 24.1 Å². The molecule has 3 aromatic rings. The number of aromatic nitrogens is 3. The molecule has 0 saturated heterocycles. The zero-order valence-electron chi connectivity index (χ0n) is 13.5. The zero-order valence-corrected chi connectivity index (χ0v) is 13.5. The van der Waals surface area contributed by atoms with Crippen LogP contribution in [-0.2, 0) is 25.9 Å². The van der Waals surface area contributed by atoms with Gasteiger partial charge in [0.25, 0.3) is 5.91 Å². The molecule has 1 aliphatic rings. The second-order valence-corrected chi connectivity index (χ2v) is 6.14. The predicted octanol–water partition coefficient (Wildman–Crippen LogP) is 2.65. The molecule has 0 fully saturated rings. The van der Waals surface area contributed by atoms with Crippen molar-refractivity contribution in [3.05, 3.63) is 77.6 Å². The smallest absolute Gasteiger partial charge is 0.255 e. The largest absolute Gasteiger partial charge is 0.367 e. The number of nitrogens with zero attached hydrogens (tertiary/aromatic N) is 3. The van der Waals surface area contributed by atoms with E-state index in [1.807, 2.05) is 23.4 Å². The molecule has 4 rings (SSSR count). The van der Waals surface area contributed by atoms with Gasteiger partial charge in [-0.1, -0.05) is 30.3 Å². The third-order valence-corrected chi connectivity index (χ3v) is 4.61. The molecule has 0 unspecified atom stereocenters. The lowest BCUT2D eigenvalue weighted by molar-refractivity contribution is 0.0731. The Bertz CT molecular complexity index is 820. The van der Waals surface area contributed by atoms with Crippen molar-refractivity contribution in [3.63, 3.8) is 0 Å². The van der Waals surface area contributed by atoms with Gasteiger partial charge in [-0.3, -0.25) is 4.79 Å². The van der Waals surface area contributed by atoms with E-state index in [4.69, 9.17) is 0 Å². The Hall–Kier alpha value is -2.82. The summed E-state index contributed by atoms with van der Waals surface area (Å²) in [6.07, 6.45) is 7.30. The highest BCUT2D eigenvalue weighted by atomic mass is 16.2. The summed E-state index contributed by atoms with van der Waals surface area (Å²) in [5, 5.41) is 0. The Morgan fingerprint density at radius 2 is 2.08 bits per heavy atom. The molecule has 0 spiro atoms. The Balaban J connectivity index is 1.44. The van der Waals surface area contributed by atoms with Gasteiger partial charge in [0.15, 0.2) is 0 Å². The third-order valence-electron chi connectivity index (χ3n) is 4.61. The van der Waals surface area contributed by atoms with Crippen LogP contribution in [0.2, 0.25) is 0 Å². The van der Waals surface area contributed by atoms with E-state index in [0.29, 0.717) is 12.1 Å². The summed E-state index contributed by atoms with van der Waals surface area (Å²) in [6, 6.07) is 12.3. The first kappa shape index (κ1) is 14.8. The van der Waals surface area contributed by atoms with E-state index in [1.165, 1.54) is 11.3 Å². The molecular weight excluding hydrogens is 300 g/mol. The van der Waals surface area contributed by atoms with Gasteiger partial charge in [-0.2, -0.15) is 0 Å². The standard InChI is InChI=1S/C19H20N4O/c24-19(16-6-9-20-12-16)22-11-8-18-17(13-22)21-14-23(18)10-7-15-4-2-1-3-5-15/h1-6,9,12,14,20H,7-8,10-11,13H2. The summed E-state index contributed by atoms with van der Waals surface area (Å²) in [4.78, 5) is 21.8. The molecule has 0 saturated carbocycles. The highest BCUT2D eigenvalue weighted by Gasteiger charge is 2.25. The first-order valence-corrected chi connectivity index (χ1v) is 8.30. The van der Waals surface area contributed by atoms with E-state index in [9.17, 15) is 4.79 Å². The zero-order chi connectivity index (χ0) is 16.4. The Kier molecular flexibility index (Phi) is 3.91. The lowest BCUT2D eigenvalue weighted by atomic mass is 10.1. The van der Waals surface area contributed by atoms with Crippen molar-refractivity contribution in [2.75, 3.05) is 6.54 Å². The third kappa shape index (κ3) is 2.85. The maximum absolute atomic E-state index is 12.5. The van der Waals surface area contributed by atoms with Gasteiger partial charge in [0, 0.05) is 37.6 Å². The van der Waals surface area contributed by atoms with E-state index in [0.717, 1.165) is 31.6 Å². The molecule has 2 aromatic heterocycles. The fraction of sp³-hybridized carbons (Fsp3) is 0.263. The van der Waals surface area contributed by atoms with Gasteiger partial charge in [-0.25, -0.2) is 4.98 Å². The Labute approximate surface area is 140 Å². The minimum atomic E-state index is 0.0701. The maximum atomic E-state index is 12.5. The molecular formula is C19H20N4O. The molecule has 1 amide bonds. The van der Waals surface area contributed by atoms with Crippen LogP contribution in [0.5, 0.6) is 0 Å². The fourth-order valence-electron chi connectivity index (χ4n) is 3.27. The minimum absolute atomic E-state index is 0.0701. The molecule has 5 nitrogen and oxygen atoms in total. The van der Waals surface area contributed by atoms with E-state index in [1.54, 1.807) is 12.4 Å². The minimum Gasteiger partial charge on any atom is -0.367 e. The number of aryl methyl sites for hydroxylation is 2. The summed E-state index contributed by atoms with van der Waals surface area (Å²) in [5.41, 5.74) is 4.34. The molecule has 3 heterocycles. The number of carbonyl (C=O) groups excluding carboxylic acids is 1. The fourth-order valence-corrected chi connectivity index (χ4v) is 3.27. The van der Waals surface area contributed by atoms with Crippen LogP contribution in [0, 0.1) is 0 Å². The summed E-state index contributed by atoms with van der Waals surface area (Å²) >= 11 is 0. The van der Waals surface area contributed by atoms with Crippen molar-refractivity contribution < 1.29 is 4.79 Å². The molecule has 0 bridgehead atoms. The molecule has 122 valence electrons. The average Bonchev–Trinajstić information content (AvgIpc) is 3.30. The topological polar surface area (TPSA) is 53.9 Å². The van der Waals surface area contributed by atoms with Crippen molar-refractivity contribution in [3.8, 4) is 0 Å². The van der Waals surface area contributed by atoms with E-state index in [2.05, 4.69) is 38.8 Å². The predicted molar refractivity (Wildman–Crippen MR) is 91.6 cm³/mol. The monoisotopic (exact) mass is 320 g/mol. The molecule has 0 atom stereocenters. The second kappa shape index (κ2) is 6.35. The van der Waals surface area contributed by atoms with Crippen molar-refractivity contribution in [1.29, 1.82) is 0 Å². The van der Waals surface area contributed by atoms with Gasteiger partial charge in [-0.05, 0) is 18.1 Å². The van der Waals surface area contributed by atoms with Gasteiger partial charge >= 0.3 is 0 Å². The highest BCUT2D eigenvalue weighted by Crippen LogP contribution is 2.20. The summed E-state index contributed by atoms with van der Waals surface area (Å²) in [5.74, 6) is 0.0701. The molecule has 1 aliphatic heterocycles. The number of benzene rings is 1. The lowest BCUT2D eigenvalue weighted by Crippen LogP contribution is -2.36. The van der Waals surface area contributed by atoms with Gasteiger partial charge in [-0.15, -0.1) is 0 Å².